The van der Waals surface area contributed by atoms with E-state index in [2.05, 4.69) is 4.99 Å². The quantitative estimate of drug-likeness (QED) is 0.629. The Hall–Kier alpha value is -1.56. The molecule has 1 fully saturated rings. The minimum atomic E-state index is -3.70. The maximum atomic E-state index is 13.3. The van der Waals surface area contributed by atoms with E-state index in [-0.39, 0.29) is 24.0 Å². The lowest BCUT2D eigenvalue weighted by molar-refractivity contribution is 0.320. The highest BCUT2D eigenvalue weighted by Gasteiger charge is 2.30. The number of aliphatic imine (C=N–C) groups is 1. The lowest BCUT2D eigenvalue weighted by Gasteiger charge is -2.29. The number of hydrogen-bond acceptors (Lipinski definition) is 4. The van der Waals surface area contributed by atoms with Crippen LogP contribution in [-0.2, 0) is 14.8 Å². The van der Waals surface area contributed by atoms with E-state index in [0.717, 1.165) is 6.07 Å². The highest BCUT2D eigenvalue weighted by molar-refractivity contribution is 7.89. The van der Waals surface area contributed by atoms with Crippen LogP contribution in [0, 0.1) is 12.7 Å². The van der Waals surface area contributed by atoms with Crippen molar-refractivity contribution in [3.05, 3.63) is 29.6 Å². The Labute approximate surface area is 117 Å². The van der Waals surface area contributed by atoms with E-state index in [1.807, 2.05) is 0 Å². The Kier molecular flexibility index (Phi) is 4.32. The second-order valence-electron chi connectivity index (χ2n) is 4.77. The van der Waals surface area contributed by atoms with Crippen LogP contribution in [0.3, 0.4) is 0 Å². The van der Waals surface area contributed by atoms with Gasteiger partial charge in [0.25, 0.3) is 0 Å². The third-order valence-electron chi connectivity index (χ3n) is 3.43. The molecular weight excluding hydrogens is 283 g/mol. The van der Waals surface area contributed by atoms with Crippen molar-refractivity contribution in [3.63, 3.8) is 0 Å². The summed E-state index contributed by atoms with van der Waals surface area (Å²) in [5.41, 5.74) is 0.513. The van der Waals surface area contributed by atoms with Gasteiger partial charge in [-0.15, -0.1) is 0 Å². The molecule has 0 atom stereocenters. The highest BCUT2D eigenvalue weighted by atomic mass is 32.2. The van der Waals surface area contributed by atoms with Gasteiger partial charge in [-0.25, -0.2) is 22.6 Å². The lowest BCUT2D eigenvalue weighted by atomic mass is 10.1. The maximum absolute atomic E-state index is 13.3. The largest absolute Gasteiger partial charge is 0.243 e. The molecule has 1 aromatic carbocycles. The first kappa shape index (κ1) is 14.8. The predicted molar refractivity (Wildman–Crippen MR) is 71.0 cm³/mol. The van der Waals surface area contributed by atoms with Crippen molar-refractivity contribution >= 4 is 16.1 Å². The number of aryl methyl sites for hydroxylation is 1. The Morgan fingerprint density at radius 1 is 1.35 bits per heavy atom. The van der Waals surface area contributed by atoms with Crippen molar-refractivity contribution in [2.45, 2.75) is 30.7 Å². The molecule has 0 bridgehead atoms. The molecule has 0 unspecified atom stereocenters. The molecule has 7 heteroatoms. The van der Waals surface area contributed by atoms with Gasteiger partial charge in [-0.2, -0.15) is 4.31 Å². The topological polar surface area (TPSA) is 66.8 Å². The zero-order chi connectivity index (χ0) is 14.8. The molecule has 108 valence electrons. The van der Waals surface area contributed by atoms with E-state index in [4.69, 9.17) is 0 Å². The second kappa shape index (κ2) is 5.83. The van der Waals surface area contributed by atoms with Crippen LogP contribution >= 0.6 is 0 Å². The number of piperidine rings is 1. The summed E-state index contributed by atoms with van der Waals surface area (Å²) in [6.45, 7) is 2.18. The summed E-state index contributed by atoms with van der Waals surface area (Å²) < 4.78 is 39.5. The van der Waals surface area contributed by atoms with Gasteiger partial charge in [-0.05, 0) is 37.5 Å². The average Bonchev–Trinajstić information content (AvgIpc) is 2.42. The van der Waals surface area contributed by atoms with E-state index in [0.29, 0.717) is 18.4 Å². The van der Waals surface area contributed by atoms with Crippen LogP contribution in [0.4, 0.5) is 4.39 Å². The van der Waals surface area contributed by atoms with Gasteiger partial charge in [0, 0.05) is 13.1 Å². The van der Waals surface area contributed by atoms with Gasteiger partial charge >= 0.3 is 0 Å². The molecule has 0 saturated carbocycles. The normalized spacial score (nSPS) is 17.7. The van der Waals surface area contributed by atoms with Gasteiger partial charge in [0.05, 0.1) is 10.9 Å². The molecule has 1 heterocycles. The number of rotatable bonds is 3. The molecule has 2 rings (SSSR count). The van der Waals surface area contributed by atoms with Gasteiger partial charge in [0.15, 0.2) is 0 Å². The molecule has 1 aliphatic rings. The van der Waals surface area contributed by atoms with Gasteiger partial charge in [-0.3, -0.25) is 0 Å². The molecule has 0 aromatic heterocycles. The first-order valence-electron chi connectivity index (χ1n) is 6.28. The SMILES string of the molecule is Cc1ccc(F)cc1S(=O)(=O)N1CCC(N=C=O)CC1. The third-order valence-corrected chi connectivity index (χ3v) is 5.47. The summed E-state index contributed by atoms with van der Waals surface area (Å²) >= 11 is 0. The monoisotopic (exact) mass is 298 g/mol. The van der Waals surface area contributed by atoms with Crippen LogP contribution in [0.5, 0.6) is 0 Å². The molecular formula is C13H15FN2O3S. The van der Waals surface area contributed by atoms with Crippen LogP contribution in [0.15, 0.2) is 28.1 Å². The van der Waals surface area contributed by atoms with Crippen LogP contribution in [-0.4, -0.2) is 37.9 Å². The first-order chi connectivity index (χ1) is 9.45. The van der Waals surface area contributed by atoms with E-state index >= 15 is 0 Å². The molecule has 0 amide bonds. The van der Waals surface area contributed by atoms with E-state index in [1.165, 1.54) is 22.5 Å². The van der Waals surface area contributed by atoms with E-state index in [1.54, 1.807) is 6.92 Å². The van der Waals surface area contributed by atoms with E-state index < -0.39 is 15.8 Å². The third kappa shape index (κ3) is 2.95. The number of carbonyl (C=O) groups excluding carboxylic acids is 1. The summed E-state index contributed by atoms with van der Waals surface area (Å²) in [5.74, 6) is -0.574. The fraction of sp³-hybridized carbons (Fsp3) is 0.462. The minimum absolute atomic E-state index is 0.00478. The Balaban J connectivity index is 2.24. The van der Waals surface area contributed by atoms with Crippen molar-refractivity contribution in [2.24, 2.45) is 4.99 Å². The smallest absolute Gasteiger partial charge is 0.211 e. The number of halogens is 1. The minimum Gasteiger partial charge on any atom is -0.211 e. The van der Waals surface area contributed by atoms with Gasteiger partial charge < -0.3 is 0 Å². The second-order valence-corrected chi connectivity index (χ2v) is 6.67. The molecule has 0 spiro atoms. The maximum Gasteiger partial charge on any atom is 0.243 e. The van der Waals surface area contributed by atoms with E-state index in [9.17, 15) is 17.6 Å². The Morgan fingerprint density at radius 3 is 2.60 bits per heavy atom. The summed E-state index contributed by atoms with van der Waals surface area (Å²) in [6.07, 6.45) is 2.45. The van der Waals surface area contributed by atoms with Crippen LogP contribution < -0.4 is 0 Å². The summed E-state index contributed by atoms with van der Waals surface area (Å²) in [6, 6.07) is 3.55. The molecule has 0 aliphatic carbocycles. The number of benzene rings is 1. The van der Waals surface area contributed by atoms with Crippen LogP contribution in [0.25, 0.3) is 0 Å². The molecule has 1 saturated heterocycles. The van der Waals surface area contributed by atoms with Gasteiger partial charge in [-0.1, -0.05) is 6.07 Å². The molecule has 0 radical (unpaired) electrons. The van der Waals surface area contributed by atoms with Gasteiger partial charge in [0.1, 0.15) is 5.82 Å². The molecule has 1 aromatic rings. The fourth-order valence-corrected chi connectivity index (χ4v) is 3.98. The summed E-state index contributed by atoms with van der Waals surface area (Å²) in [4.78, 5) is 13.8. The first-order valence-corrected chi connectivity index (χ1v) is 7.72. The fourth-order valence-electron chi connectivity index (χ4n) is 2.28. The average molecular weight is 298 g/mol. The molecule has 1 aliphatic heterocycles. The Bertz CT molecular complexity index is 646. The zero-order valence-electron chi connectivity index (χ0n) is 11.0. The zero-order valence-corrected chi connectivity index (χ0v) is 11.9. The standard InChI is InChI=1S/C13H15FN2O3S/c1-10-2-3-11(14)8-13(10)20(18,19)16-6-4-12(5-7-16)15-9-17/h2-3,8,12H,4-7H2,1H3. The molecule has 5 nitrogen and oxygen atoms in total. The number of nitrogens with zero attached hydrogens (tertiary/aromatic N) is 2. The van der Waals surface area contributed by atoms with Crippen molar-refractivity contribution in [2.75, 3.05) is 13.1 Å². The van der Waals surface area contributed by atoms with Crippen LogP contribution in [0.1, 0.15) is 18.4 Å². The predicted octanol–water partition coefficient (Wildman–Crippen LogP) is 1.62. The summed E-state index contributed by atoms with van der Waals surface area (Å²) in [5, 5.41) is 0. The Morgan fingerprint density at radius 2 is 2.00 bits per heavy atom. The van der Waals surface area contributed by atoms with Crippen LogP contribution in [0.2, 0.25) is 0 Å². The number of isocyanates is 1. The van der Waals surface area contributed by atoms with Crippen molar-refractivity contribution in [1.82, 2.24) is 4.31 Å². The van der Waals surface area contributed by atoms with Gasteiger partial charge in [0.2, 0.25) is 16.1 Å². The number of sulfonamides is 1. The van der Waals surface area contributed by atoms with Crippen molar-refractivity contribution in [1.29, 1.82) is 0 Å². The van der Waals surface area contributed by atoms with Crippen molar-refractivity contribution < 1.29 is 17.6 Å². The highest BCUT2D eigenvalue weighted by Crippen LogP contribution is 2.24. The summed E-state index contributed by atoms with van der Waals surface area (Å²) in [7, 11) is -3.70. The molecule has 0 N–H and O–H groups in total. The lowest BCUT2D eigenvalue weighted by Crippen LogP contribution is -2.39. The molecule has 20 heavy (non-hydrogen) atoms. The van der Waals surface area contributed by atoms with Crippen molar-refractivity contribution in [3.8, 4) is 0 Å². The number of hydrogen-bond donors (Lipinski definition) is 0.